The van der Waals surface area contributed by atoms with Crippen LogP contribution in [0, 0.1) is 11.8 Å². The van der Waals surface area contributed by atoms with E-state index in [1.165, 1.54) is 27.2 Å². The molecule has 0 aliphatic heterocycles. The predicted molar refractivity (Wildman–Crippen MR) is 122 cm³/mol. The fourth-order valence-corrected chi connectivity index (χ4v) is 2.90. The second-order valence-electron chi connectivity index (χ2n) is 7.00. The zero-order valence-electron chi connectivity index (χ0n) is 17.8. The maximum Gasteiger partial charge on any atom is 0.351 e. The summed E-state index contributed by atoms with van der Waals surface area (Å²) in [5, 5.41) is 16.3. The largest absolute Gasteiger partial charge is 0.539 e. The van der Waals surface area contributed by atoms with Crippen molar-refractivity contribution in [3.8, 4) is 11.8 Å². The molecular weight excluding hydrogens is 402 g/mol. The Hall–Kier alpha value is -4.14. The average molecular weight is 428 g/mol. The number of rotatable bonds is 5. The van der Waals surface area contributed by atoms with Gasteiger partial charge in [-0.1, -0.05) is 96.9 Å². The van der Waals surface area contributed by atoms with Crippen LogP contribution < -0.4 is 10.0 Å². The highest BCUT2D eigenvalue weighted by Crippen LogP contribution is 2.22. The summed E-state index contributed by atoms with van der Waals surface area (Å²) < 4.78 is 0. The zero-order valence-corrected chi connectivity index (χ0v) is 17.8. The minimum Gasteiger partial charge on any atom is -0.539 e. The minimum absolute atomic E-state index is 0.822. The van der Waals surface area contributed by atoms with Gasteiger partial charge < -0.3 is 19.9 Å². The summed E-state index contributed by atoms with van der Waals surface area (Å²) in [6, 6.07) is 31.4. The molecule has 0 saturated carbocycles. The van der Waals surface area contributed by atoms with Crippen LogP contribution >= 0.6 is 0 Å². The Balaban J connectivity index is 0.000000534. The van der Waals surface area contributed by atoms with Crippen LogP contribution in [-0.4, -0.2) is 30.6 Å². The van der Waals surface area contributed by atoms with Crippen molar-refractivity contribution in [1.29, 1.82) is 0 Å². The first-order valence-corrected chi connectivity index (χ1v) is 10.1. The van der Waals surface area contributed by atoms with Crippen LogP contribution in [0.2, 0.25) is 0 Å². The van der Waals surface area contributed by atoms with E-state index in [1.807, 2.05) is 18.2 Å². The zero-order chi connectivity index (χ0) is 23.2. The molecule has 5 nitrogen and oxygen atoms in total. The van der Waals surface area contributed by atoms with Crippen molar-refractivity contribution in [1.82, 2.24) is 0 Å². The van der Waals surface area contributed by atoms with Gasteiger partial charge in [-0.25, -0.2) is 4.79 Å². The van der Waals surface area contributed by atoms with Gasteiger partial charge in [0.2, 0.25) is 0 Å². The van der Waals surface area contributed by atoms with E-state index in [1.54, 1.807) is 0 Å². The van der Waals surface area contributed by atoms with Crippen molar-refractivity contribution >= 4 is 17.5 Å². The summed E-state index contributed by atoms with van der Waals surface area (Å²) in [5.41, 5.74) is 4.90. The number of aliphatic carboxylic acids is 2. The van der Waals surface area contributed by atoms with Crippen molar-refractivity contribution < 1.29 is 24.7 Å². The number of allylic oxidation sites excluding steroid dienone is 1. The van der Waals surface area contributed by atoms with E-state index in [-0.39, 0.29) is 0 Å². The molecule has 2 N–H and O–H groups in total. The number of carboxylic acid groups (broad SMARTS) is 2. The van der Waals surface area contributed by atoms with E-state index >= 15 is 0 Å². The molecule has 0 bridgehead atoms. The number of hydrogen-bond acceptors (Lipinski definition) is 3. The number of carboxylic acids is 2. The van der Waals surface area contributed by atoms with Crippen molar-refractivity contribution in [3.05, 3.63) is 114 Å². The first-order valence-electron chi connectivity index (χ1n) is 10.1. The molecule has 0 aromatic heterocycles. The highest BCUT2D eigenvalue weighted by Gasteiger charge is 2.03. The van der Waals surface area contributed by atoms with Crippen molar-refractivity contribution in [3.63, 3.8) is 0 Å². The highest BCUT2D eigenvalue weighted by molar-refractivity contribution is 6.26. The average Bonchev–Trinajstić information content (AvgIpc) is 2.81. The van der Waals surface area contributed by atoms with Gasteiger partial charge in [-0.05, 0) is 28.7 Å². The molecule has 0 heterocycles. The van der Waals surface area contributed by atoms with Gasteiger partial charge >= 0.3 is 5.97 Å². The second-order valence-corrected chi connectivity index (χ2v) is 7.00. The Morgan fingerprint density at radius 2 is 1.31 bits per heavy atom. The van der Waals surface area contributed by atoms with E-state index in [0.29, 0.717) is 0 Å². The molecule has 3 rings (SSSR count). The lowest BCUT2D eigenvalue weighted by Gasteiger charge is -2.10. The predicted octanol–water partition coefficient (Wildman–Crippen LogP) is 1.66. The summed E-state index contributed by atoms with van der Waals surface area (Å²) in [6.45, 7) is 1.81. The van der Waals surface area contributed by atoms with Gasteiger partial charge in [-0.15, -0.1) is 0 Å². The van der Waals surface area contributed by atoms with E-state index in [0.717, 1.165) is 13.1 Å². The number of hydrogen-bond donors (Lipinski definition) is 2. The van der Waals surface area contributed by atoms with Gasteiger partial charge in [0.05, 0.1) is 7.05 Å². The third kappa shape index (κ3) is 8.70. The molecule has 0 radical (unpaired) electrons. The molecule has 3 aromatic carbocycles. The van der Waals surface area contributed by atoms with E-state index in [9.17, 15) is 0 Å². The Bertz CT molecular complexity index is 1030. The number of carbonyl (C=O) groups is 2. The smallest absolute Gasteiger partial charge is 0.351 e. The molecule has 0 aliphatic rings. The Morgan fingerprint density at radius 1 is 0.875 bits per heavy atom. The molecule has 162 valence electrons. The van der Waals surface area contributed by atoms with Crippen LogP contribution in [0.5, 0.6) is 0 Å². The Morgan fingerprint density at radius 3 is 1.75 bits per heavy atom. The SMILES string of the molecule is C[NH+](CC#CC=C(c1ccccc1)c1ccccc1)Cc1ccccc1.O=C([O-])C(=O)O. The molecule has 1 atom stereocenters. The molecule has 0 amide bonds. The van der Waals surface area contributed by atoms with Crippen LogP contribution in [0.1, 0.15) is 16.7 Å². The summed E-state index contributed by atoms with van der Waals surface area (Å²) >= 11 is 0. The minimum atomic E-state index is -2.07. The maximum atomic E-state index is 9.04. The number of quaternary nitrogens is 1. The third-order valence-corrected chi connectivity index (χ3v) is 4.40. The molecule has 0 fully saturated rings. The lowest BCUT2D eigenvalue weighted by molar-refractivity contribution is -0.886. The van der Waals surface area contributed by atoms with Gasteiger partial charge in [0, 0.05) is 5.56 Å². The maximum absolute atomic E-state index is 9.04. The normalized spacial score (nSPS) is 10.4. The molecule has 0 saturated heterocycles. The van der Waals surface area contributed by atoms with Crippen LogP contribution in [0.4, 0.5) is 0 Å². The molecular formula is C27H25NO4. The number of carbonyl (C=O) groups excluding carboxylic acids is 1. The first-order chi connectivity index (χ1) is 15.5. The van der Waals surface area contributed by atoms with Gasteiger partial charge in [0.15, 0.2) is 5.97 Å². The highest BCUT2D eigenvalue weighted by atomic mass is 16.4. The van der Waals surface area contributed by atoms with Gasteiger partial charge in [0.1, 0.15) is 13.1 Å². The molecule has 32 heavy (non-hydrogen) atoms. The standard InChI is InChI=1S/C25H23N.C2H2O4/c1-26(21-22-13-5-2-6-14-22)20-12-11-19-25(23-15-7-3-8-16-23)24-17-9-4-10-18-24;3-1(4)2(5)6/h2-10,13-19H,20-21H2,1H3;(H,3,4)(H,5,6). The van der Waals surface area contributed by atoms with Crippen LogP contribution in [0.15, 0.2) is 97.1 Å². The molecule has 0 aliphatic carbocycles. The van der Waals surface area contributed by atoms with Crippen molar-refractivity contribution in [2.75, 3.05) is 13.6 Å². The fraction of sp³-hybridized carbons (Fsp3) is 0.111. The van der Waals surface area contributed by atoms with Gasteiger partial charge in [-0.2, -0.15) is 0 Å². The molecule has 3 aromatic rings. The Labute approximate surface area is 188 Å². The molecule has 0 spiro atoms. The summed E-state index contributed by atoms with van der Waals surface area (Å²) in [6.07, 6.45) is 2.04. The lowest BCUT2D eigenvalue weighted by Crippen LogP contribution is -3.07. The topological polar surface area (TPSA) is 81.9 Å². The summed E-state index contributed by atoms with van der Waals surface area (Å²) in [7, 11) is 2.18. The number of benzene rings is 3. The van der Waals surface area contributed by atoms with Crippen LogP contribution in [-0.2, 0) is 16.1 Å². The lowest BCUT2D eigenvalue weighted by atomic mass is 9.98. The van der Waals surface area contributed by atoms with Crippen molar-refractivity contribution in [2.24, 2.45) is 0 Å². The monoisotopic (exact) mass is 427 g/mol. The first kappa shape index (κ1) is 24.1. The van der Waals surface area contributed by atoms with E-state index in [2.05, 4.69) is 97.8 Å². The van der Waals surface area contributed by atoms with E-state index < -0.39 is 11.9 Å². The van der Waals surface area contributed by atoms with Crippen LogP contribution in [0.25, 0.3) is 5.57 Å². The van der Waals surface area contributed by atoms with Gasteiger partial charge in [0.25, 0.3) is 0 Å². The fourth-order valence-electron chi connectivity index (χ4n) is 2.90. The Kier molecular flexibility index (Phi) is 9.97. The summed E-state index contributed by atoms with van der Waals surface area (Å²) in [4.78, 5) is 19.4. The third-order valence-electron chi connectivity index (χ3n) is 4.40. The molecule has 1 unspecified atom stereocenters. The quantitative estimate of drug-likeness (QED) is 0.479. The molecule has 5 heteroatoms. The second kappa shape index (κ2) is 13.2. The van der Waals surface area contributed by atoms with E-state index in [4.69, 9.17) is 19.8 Å². The van der Waals surface area contributed by atoms with Crippen LogP contribution in [0.3, 0.4) is 0 Å². The van der Waals surface area contributed by atoms with Gasteiger partial charge in [-0.3, -0.25) is 0 Å². The van der Waals surface area contributed by atoms with Crippen molar-refractivity contribution in [2.45, 2.75) is 6.54 Å². The number of nitrogens with one attached hydrogen (secondary N) is 1. The summed E-state index contributed by atoms with van der Waals surface area (Å²) in [5.74, 6) is 2.57.